The fourth-order valence-electron chi connectivity index (χ4n) is 1.78. The van der Waals surface area contributed by atoms with Crippen LogP contribution in [-0.2, 0) is 19.5 Å². The Kier molecular flexibility index (Phi) is 6.35. The summed E-state index contributed by atoms with van der Waals surface area (Å²) in [6, 6.07) is -0.134. The van der Waals surface area contributed by atoms with E-state index in [-0.39, 0.29) is 17.9 Å². The van der Waals surface area contributed by atoms with E-state index in [4.69, 9.17) is 15.2 Å². The van der Waals surface area contributed by atoms with Crippen LogP contribution < -0.4 is 10.5 Å². The molecule has 1 rings (SSSR count). The molecule has 17 heavy (non-hydrogen) atoms. The molecule has 0 bridgehead atoms. The van der Waals surface area contributed by atoms with Gasteiger partial charge in [0.1, 0.15) is 0 Å². The molecule has 1 saturated heterocycles. The zero-order chi connectivity index (χ0) is 12.7. The quantitative estimate of drug-likeness (QED) is 0.615. The number of nitrogens with two attached hydrogens (primary N) is 1. The second-order valence-corrected chi connectivity index (χ2v) is 6.17. The summed E-state index contributed by atoms with van der Waals surface area (Å²) in [7, 11) is -1.68. The maximum absolute atomic E-state index is 11.7. The number of sulfonamides is 1. The van der Waals surface area contributed by atoms with Crippen molar-refractivity contribution in [2.24, 2.45) is 5.73 Å². The molecule has 6 nitrogen and oxygen atoms in total. The van der Waals surface area contributed by atoms with Gasteiger partial charge in [-0.3, -0.25) is 0 Å². The molecule has 102 valence electrons. The van der Waals surface area contributed by atoms with Crippen molar-refractivity contribution in [3.63, 3.8) is 0 Å². The monoisotopic (exact) mass is 266 g/mol. The predicted octanol–water partition coefficient (Wildman–Crippen LogP) is -0.551. The van der Waals surface area contributed by atoms with Gasteiger partial charge in [-0.1, -0.05) is 0 Å². The lowest BCUT2D eigenvalue weighted by atomic mass is 10.2. The van der Waals surface area contributed by atoms with E-state index in [1.807, 2.05) is 0 Å². The fourth-order valence-corrected chi connectivity index (χ4v) is 3.08. The zero-order valence-electron chi connectivity index (χ0n) is 10.2. The van der Waals surface area contributed by atoms with E-state index < -0.39 is 10.0 Å². The molecule has 3 N–H and O–H groups in total. The normalized spacial score (nSPS) is 22.8. The minimum Gasteiger partial charge on any atom is -0.383 e. The Balaban J connectivity index is 2.19. The van der Waals surface area contributed by atoms with Crippen molar-refractivity contribution in [2.75, 3.05) is 32.6 Å². The molecule has 1 fully saturated rings. The SMILES string of the molecule is COCC(N)CCNS(=O)(=O)CC1CCCO1. The first-order valence-electron chi connectivity index (χ1n) is 5.87. The highest BCUT2D eigenvalue weighted by Gasteiger charge is 2.22. The Morgan fingerprint density at radius 2 is 2.35 bits per heavy atom. The molecular weight excluding hydrogens is 244 g/mol. The van der Waals surface area contributed by atoms with Gasteiger partial charge in [0.25, 0.3) is 0 Å². The van der Waals surface area contributed by atoms with Crippen LogP contribution in [0.5, 0.6) is 0 Å². The van der Waals surface area contributed by atoms with Gasteiger partial charge >= 0.3 is 0 Å². The van der Waals surface area contributed by atoms with E-state index in [1.165, 1.54) is 0 Å². The van der Waals surface area contributed by atoms with Gasteiger partial charge in [-0.25, -0.2) is 13.1 Å². The van der Waals surface area contributed by atoms with Crippen LogP contribution in [0.2, 0.25) is 0 Å². The third kappa shape index (κ3) is 6.32. The molecule has 0 spiro atoms. The van der Waals surface area contributed by atoms with Crippen molar-refractivity contribution < 1.29 is 17.9 Å². The molecule has 0 saturated carbocycles. The average Bonchev–Trinajstić information content (AvgIpc) is 2.69. The van der Waals surface area contributed by atoms with Gasteiger partial charge in [0, 0.05) is 26.3 Å². The van der Waals surface area contributed by atoms with E-state index in [0.29, 0.717) is 26.2 Å². The molecule has 1 heterocycles. The fraction of sp³-hybridized carbons (Fsp3) is 1.00. The second kappa shape index (κ2) is 7.27. The molecule has 1 aliphatic heterocycles. The summed E-state index contributed by atoms with van der Waals surface area (Å²) in [6.07, 6.45) is 2.18. The van der Waals surface area contributed by atoms with Crippen LogP contribution in [0.15, 0.2) is 0 Å². The van der Waals surface area contributed by atoms with Crippen molar-refractivity contribution in [1.82, 2.24) is 4.72 Å². The topological polar surface area (TPSA) is 90.6 Å². The minimum atomic E-state index is -3.25. The summed E-state index contributed by atoms with van der Waals surface area (Å²) in [5.41, 5.74) is 5.69. The van der Waals surface area contributed by atoms with Crippen LogP contribution in [-0.4, -0.2) is 53.2 Å². The molecule has 0 aromatic carbocycles. The second-order valence-electron chi connectivity index (χ2n) is 4.31. The summed E-state index contributed by atoms with van der Waals surface area (Å²) in [5, 5.41) is 0. The number of rotatable bonds is 8. The minimum absolute atomic E-state index is 0.0481. The van der Waals surface area contributed by atoms with E-state index in [2.05, 4.69) is 4.72 Å². The number of ether oxygens (including phenoxy) is 2. The van der Waals surface area contributed by atoms with Crippen LogP contribution in [0.25, 0.3) is 0 Å². The Bertz CT molecular complexity index is 301. The first-order chi connectivity index (χ1) is 8.03. The Morgan fingerprint density at radius 1 is 1.59 bits per heavy atom. The largest absolute Gasteiger partial charge is 0.383 e. The number of methoxy groups -OCH3 is 1. The lowest BCUT2D eigenvalue weighted by Gasteiger charge is -2.13. The van der Waals surface area contributed by atoms with E-state index in [0.717, 1.165) is 12.8 Å². The highest BCUT2D eigenvalue weighted by molar-refractivity contribution is 7.89. The lowest BCUT2D eigenvalue weighted by molar-refractivity contribution is 0.127. The summed E-state index contributed by atoms with van der Waals surface area (Å²) in [5.74, 6) is 0.0481. The van der Waals surface area contributed by atoms with Crippen LogP contribution in [0.4, 0.5) is 0 Å². The molecule has 2 atom stereocenters. The van der Waals surface area contributed by atoms with Crippen LogP contribution in [0, 0.1) is 0 Å². The van der Waals surface area contributed by atoms with E-state index in [1.54, 1.807) is 7.11 Å². The average molecular weight is 266 g/mol. The molecule has 0 aromatic rings. The number of hydrogen-bond donors (Lipinski definition) is 2. The van der Waals surface area contributed by atoms with Gasteiger partial charge in [-0.15, -0.1) is 0 Å². The van der Waals surface area contributed by atoms with Crippen molar-refractivity contribution in [3.8, 4) is 0 Å². The Morgan fingerprint density at radius 3 is 2.94 bits per heavy atom. The first-order valence-corrected chi connectivity index (χ1v) is 7.52. The summed E-state index contributed by atoms with van der Waals surface area (Å²) >= 11 is 0. The van der Waals surface area contributed by atoms with Gasteiger partial charge < -0.3 is 15.2 Å². The molecule has 2 unspecified atom stereocenters. The van der Waals surface area contributed by atoms with Crippen LogP contribution in [0.3, 0.4) is 0 Å². The van der Waals surface area contributed by atoms with Crippen molar-refractivity contribution in [1.29, 1.82) is 0 Å². The third-order valence-corrected chi connectivity index (χ3v) is 4.10. The molecule has 7 heteroatoms. The number of nitrogens with one attached hydrogen (secondary N) is 1. The molecule has 0 amide bonds. The molecule has 0 radical (unpaired) electrons. The Hall–Kier alpha value is -0.210. The maximum atomic E-state index is 11.7. The highest BCUT2D eigenvalue weighted by atomic mass is 32.2. The van der Waals surface area contributed by atoms with Crippen molar-refractivity contribution >= 4 is 10.0 Å². The predicted molar refractivity (Wildman–Crippen MR) is 65.2 cm³/mol. The first kappa shape index (κ1) is 14.8. The van der Waals surface area contributed by atoms with Crippen molar-refractivity contribution in [2.45, 2.75) is 31.4 Å². The number of hydrogen-bond acceptors (Lipinski definition) is 5. The Labute approximate surface area is 103 Å². The molecular formula is C10H22N2O4S. The molecule has 0 aliphatic carbocycles. The molecule has 1 aliphatic rings. The van der Waals surface area contributed by atoms with Crippen LogP contribution >= 0.6 is 0 Å². The third-order valence-electron chi connectivity index (χ3n) is 2.65. The van der Waals surface area contributed by atoms with E-state index in [9.17, 15) is 8.42 Å². The molecule has 0 aromatic heterocycles. The van der Waals surface area contributed by atoms with E-state index >= 15 is 0 Å². The van der Waals surface area contributed by atoms with Crippen molar-refractivity contribution in [3.05, 3.63) is 0 Å². The smallest absolute Gasteiger partial charge is 0.214 e. The van der Waals surface area contributed by atoms with Crippen LogP contribution in [0.1, 0.15) is 19.3 Å². The van der Waals surface area contributed by atoms with Gasteiger partial charge in [-0.2, -0.15) is 0 Å². The zero-order valence-corrected chi connectivity index (χ0v) is 11.0. The van der Waals surface area contributed by atoms with Gasteiger partial charge in [0.15, 0.2) is 0 Å². The summed E-state index contributed by atoms with van der Waals surface area (Å²) in [6.45, 7) is 1.45. The van der Waals surface area contributed by atoms with Gasteiger partial charge in [-0.05, 0) is 19.3 Å². The highest BCUT2D eigenvalue weighted by Crippen LogP contribution is 2.13. The summed E-state index contributed by atoms with van der Waals surface area (Å²) in [4.78, 5) is 0. The van der Waals surface area contributed by atoms with Gasteiger partial charge in [0.05, 0.1) is 18.5 Å². The maximum Gasteiger partial charge on any atom is 0.214 e. The van der Waals surface area contributed by atoms with Gasteiger partial charge in [0.2, 0.25) is 10.0 Å². The summed E-state index contributed by atoms with van der Waals surface area (Å²) < 4.78 is 36.0. The standard InChI is InChI=1S/C10H22N2O4S/c1-15-7-9(11)4-5-12-17(13,14)8-10-3-2-6-16-10/h9-10,12H,2-8,11H2,1H3. The lowest BCUT2D eigenvalue weighted by Crippen LogP contribution is -2.36.